The summed E-state index contributed by atoms with van der Waals surface area (Å²) in [5.74, 6) is 0.0554. The van der Waals surface area contributed by atoms with Gasteiger partial charge in [0.15, 0.2) is 5.13 Å². The highest BCUT2D eigenvalue weighted by Crippen LogP contribution is 2.33. The third kappa shape index (κ3) is 6.43. The molecular weight excluding hydrogens is 432 g/mol. The van der Waals surface area contributed by atoms with Crippen molar-refractivity contribution in [2.45, 2.75) is 44.6 Å². The summed E-state index contributed by atoms with van der Waals surface area (Å²) in [6, 6.07) is 5.16. The maximum Gasteiger partial charge on any atom is 0.240 e. The van der Waals surface area contributed by atoms with Crippen LogP contribution in [0.5, 0.6) is 11.5 Å². The molecule has 2 N–H and O–H groups in total. The van der Waals surface area contributed by atoms with Gasteiger partial charge in [-0.1, -0.05) is 12.8 Å². The standard InChI is InChI=1S/C22H28N4O5S/c1-30-16-7-8-17(18(13-16)31-2)26(14-20(28)24-15-5-3-4-6-15)21(29)10-9-19(27)25-22-23-11-12-32-22/h7-8,11-13,15H,3-6,9-10,14H2,1-2H3,(H,24,28)(H,23,25,27). The minimum atomic E-state index is -0.357. The Kier molecular flexibility index (Phi) is 8.43. The molecule has 172 valence electrons. The molecule has 2 aromatic rings. The minimum absolute atomic E-state index is 0.0301. The van der Waals surface area contributed by atoms with Crippen LogP contribution in [0.1, 0.15) is 38.5 Å². The normalized spacial score (nSPS) is 13.4. The van der Waals surface area contributed by atoms with Gasteiger partial charge in [-0.15, -0.1) is 11.3 Å². The van der Waals surface area contributed by atoms with E-state index in [0.29, 0.717) is 22.3 Å². The van der Waals surface area contributed by atoms with Crippen LogP contribution in [0.25, 0.3) is 0 Å². The maximum atomic E-state index is 13.1. The monoisotopic (exact) mass is 460 g/mol. The predicted molar refractivity (Wildman–Crippen MR) is 122 cm³/mol. The summed E-state index contributed by atoms with van der Waals surface area (Å²) in [7, 11) is 3.02. The van der Waals surface area contributed by atoms with Crippen LogP contribution in [-0.4, -0.2) is 49.5 Å². The molecule has 9 nitrogen and oxygen atoms in total. The Morgan fingerprint density at radius 1 is 1.12 bits per heavy atom. The van der Waals surface area contributed by atoms with Gasteiger partial charge in [-0.05, 0) is 25.0 Å². The Hall–Kier alpha value is -3.14. The van der Waals surface area contributed by atoms with E-state index in [1.165, 1.54) is 30.5 Å². The van der Waals surface area contributed by atoms with E-state index >= 15 is 0 Å². The summed E-state index contributed by atoms with van der Waals surface area (Å²) in [4.78, 5) is 43.4. The highest BCUT2D eigenvalue weighted by atomic mass is 32.1. The molecular formula is C22H28N4O5S. The molecule has 0 unspecified atom stereocenters. The second kappa shape index (κ2) is 11.5. The molecule has 1 aliphatic carbocycles. The molecule has 1 fully saturated rings. The summed E-state index contributed by atoms with van der Waals surface area (Å²) >= 11 is 1.30. The average Bonchev–Trinajstić information content (AvgIpc) is 3.50. The zero-order chi connectivity index (χ0) is 22.9. The SMILES string of the molecule is COc1ccc(N(CC(=O)NC2CCCC2)C(=O)CCC(=O)Nc2nccs2)c(OC)c1. The molecule has 10 heteroatoms. The summed E-state index contributed by atoms with van der Waals surface area (Å²) < 4.78 is 10.7. The van der Waals surface area contributed by atoms with Crippen molar-refractivity contribution in [1.82, 2.24) is 10.3 Å². The number of benzene rings is 1. The van der Waals surface area contributed by atoms with E-state index in [2.05, 4.69) is 15.6 Å². The van der Waals surface area contributed by atoms with Crippen LogP contribution in [-0.2, 0) is 14.4 Å². The van der Waals surface area contributed by atoms with Crippen molar-refractivity contribution in [3.05, 3.63) is 29.8 Å². The van der Waals surface area contributed by atoms with Crippen LogP contribution in [0.4, 0.5) is 10.8 Å². The summed E-state index contributed by atoms with van der Waals surface area (Å²) in [5.41, 5.74) is 0.445. The number of ether oxygens (including phenoxy) is 2. The van der Waals surface area contributed by atoms with Gasteiger partial charge in [0, 0.05) is 36.5 Å². The number of amides is 3. The fourth-order valence-electron chi connectivity index (χ4n) is 3.63. The van der Waals surface area contributed by atoms with E-state index in [4.69, 9.17) is 9.47 Å². The fraction of sp³-hybridized carbons (Fsp3) is 0.455. The molecule has 0 atom stereocenters. The first kappa shape index (κ1) is 23.5. The van der Waals surface area contributed by atoms with E-state index in [1.54, 1.807) is 29.8 Å². The highest BCUT2D eigenvalue weighted by molar-refractivity contribution is 7.13. The molecule has 0 radical (unpaired) electrons. The largest absolute Gasteiger partial charge is 0.497 e. The van der Waals surface area contributed by atoms with Crippen molar-refractivity contribution >= 4 is 39.9 Å². The molecule has 3 amide bonds. The predicted octanol–water partition coefficient (Wildman–Crippen LogP) is 2.97. The lowest BCUT2D eigenvalue weighted by Crippen LogP contribution is -2.44. The number of thiazole rings is 1. The van der Waals surface area contributed by atoms with Crippen LogP contribution in [0, 0.1) is 0 Å². The van der Waals surface area contributed by atoms with Crippen molar-refractivity contribution in [1.29, 1.82) is 0 Å². The zero-order valence-electron chi connectivity index (χ0n) is 18.3. The fourth-order valence-corrected chi connectivity index (χ4v) is 4.17. The number of nitrogens with one attached hydrogen (secondary N) is 2. The molecule has 1 aromatic heterocycles. The molecule has 32 heavy (non-hydrogen) atoms. The van der Waals surface area contributed by atoms with Crippen LogP contribution < -0.4 is 25.0 Å². The molecule has 0 spiro atoms. The second-order valence-electron chi connectivity index (χ2n) is 7.45. The Balaban J connectivity index is 1.72. The van der Waals surface area contributed by atoms with Crippen LogP contribution in [0.2, 0.25) is 0 Å². The van der Waals surface area contributed by atoms with E-state index < -0.39 is 0 Å². The van der Waals surface area contributed by atoms with Crippen LogP contribution in [0.3, 0.4) is 0 Å². The summed E-state index contributed by atoms with van der Waals surface area (Å²) in [6.45, 7) is -0.161. The third-order valence-electron chi connectivity index (χ3n) is 5.25. The molecule has 1 heterocycles. The smallest absolute Gasteiger partial charge is 0.240 e. The van der Waals surface area contributed by atoms with Gasteiger partial charge < -0.3 is 20.1 Å². The van der Waals surface area contributed by atoms with Crippen molar-refractivity contribution in [2.24, 2.45) is 0 Å². The molecule has 1 aliphatic rings. The van der Waals surface area contributed by atoms with Gasteiger partial charge in [0.1, 0.15) is 18.0 Å². The Labute approximate surface area is 191 Å². The lowest BCUT2D eigenvalue weighted by Gasteiger charge is -2.25. The molecule has 1 saturated carbocycles. The minimum Gasteiger partial charge on any atom is -0.497 e. The van der Waals surface area contributed by atoms with Gasteiger partial charge in [0.2, 0.25) is 17.7 Å². The second-order valence-corrected chi connectivity index (χ2v) is 8.35. The summed E-state index contributed by atoms with van der Waals surface area (Å²) in [6.07, 6.45) is 5.57. The zero-order valence-corrected chi connectivity index (χ0v) is 19.1. The number of carbonyl (C=O) groups is 3. The lowest BCUT2D eigenvalue weighted by molar-refractivity contribution is -0.125. The quantitative estimate of drug-likeness (QED) is 0.564. The van der Waals surface area contributed by atoms with E-state index in [1.807, 2.05) is 0 Å². The molecule has 0 bridgehead atoms. The van der Waals surface area contributed by atoms with Crippen molar-refractivity contribution in [3.63, 3.8) is 0 Å². The average molecular weight is 461 g/mol. The van der Waals surface area contributed by atoms with Crippen molar-refractivity contribution < 1.29 is 23.9 Å². The Morgan fingerprint density at radius 3 is 2.56 bits per heavy atom. The van der Waals surface area contributed by atoms with Gasteiger partial charge in [-0.2, -0.15) is 0 Å². The number of anilines is 2. The summed E-state index contributed by atoms with van der Waals surface area (Å²) in [5, 5.41) is 7.89. The first-order chi connectivity index (χ1) is 15.5. The molecule has 1 aromatic carbocycles. The number of carbonyl (C=O) groups excluding carboxylic acids is 3. The van der Waals surface area contributed by atoms with Crippen LogP contribution in [0.15, 0.2) is 29.8 Å². The van der Waals surface area contributed by atoms with E-state index in [0.717, 1.165) is 25.7 Å². The maximum absolute atomic E-state index is 13.1. The van der Waals surface area contributed by atoms with Gasteiger partial charge in [-0.3, -0.25) is 19.3 Å². The topological polar surface area (TPSA) is 110 Å². The highest BCUT2D eigenvalue weighted by Gasteiger charge is 2.25. The Morgan fingerprint density at radius 2 is 1.91 bits per heavy atom. The van der Waals surface area contributed by atoms with E-state index in [-0.39, 0.29) is 43.1 Å². The first-order valence-corrected chi connectivity index (χ1v) is 11.4. The van der Waals surface area contributed by atoms with Gasteiger partial charge >= 0.3 is 0 Å². The first-order valence-electron chi connectivity index (χ1n) is 10.5. The number of hydrogen-bond acceptors (Lipinski definition) is 7. The molecule has 0 saturated heterocycles. The van der Waals surface area contributed by atoms with Gasteiger partial charge in [-0.25, -0.2) is 4.98 Å². The number of nitrogens with zero attached hydrogens (tertiary/aromatic N) is 2. The van der Waals surface area contributed by atoms with Crippen molar-refractivity contribution in [2.75, 3.05) is 31.0 Å². The lowest BCUT2D eigenvalue weighted by atomic mass is 10.2. The molecule has 0 aliphatic heterocycles. The number of methoxy groups -OCH3 is 2. The molecule has 3 rings (SSSR count). The van der Waals surface area contributed by atoms with Gasteiger partial charge in [0.05, 0.1) is 19.9 Å². The van der Waals surface area contributed by atoms with E-state index in [9.17, 15) is 14.4 Å². The number of aromatic nitrogens is 1. The third-order valence-corrected chi connectivity index (χ3v) is 5.93. The Bertz CT molecular complexity index is 928. The van der Waals surface area contributed by atoms with Crippen molar-refractivity contribution in [3.8, 4) is 11.5 Å². The van der Waals surface area contributed by atoms with Crippen LogP contribution >= 0.6 is 11.3 Å². The number of rotatable bonds is 10. The van der Waals surface area contributed by atoms with Gasteiger partial charge in [0.25, 0.3) is 0 Å². The number of hydrogen-bond donors (Lipinski definition) is 2.